The van der Waals surface area contributed by atoms with Gasteiger partial charge in [-0.2, -0.15) is 0 Å². The van der Waals surface area contributed by atoms with Crippen LogP contribution in [-0.4, -0.2) is 0 Å². The van der Waals surface area contributed by atoms with Crippen LogP contribution in [0.3, 0.4) is 0 Å². The lowest BCUT2D eigenvalue weighted by Crippen LogP contribution is -2.11. The Bertz CT molecular complexity index is 2960. The average molecular weight is 720 g/mol. The van der Waals surface area contributed by atoms with Crippen LogP contribution in [0.1, 0.15) is 5.56 Å². The summed E-state index contributed by atoms with van der Waals surface area (Å²) in [7, 11) is 0. The maximum absolute atomic E-state index is 2.45. The molecule has 10 aromatic rings. The topological polar surface area (TPSA) is 3.24 Å². The Hall–Kier alpha value is -6.74. The van der Waals surface area contributed by atoms with Gasteiger partial charge in [-0.3, -0.25) is 0 Å². The highest BCUT2D eigenvalue weighted by atomic mass is 32.1. The molecule has 0 bridgehead atoms. The molecule has 55 heavy (non-hydrogen) atoms. The predicted octanol–water partition coefficient (Wildman–Crippen LogP) is 15.7. The molecule has 1 nitrogen and oxygen atoms in total. The first kappa shape index (κ1) is 32.9. The molecule has 0 unspecified atom stereocenters. The van der Waals surface area contributed by atoms with Crippen LogP contribution in [0.25, 0.3) is 75.5 Å². The number of hydrogen-bond acceptors (Lipinski definition) is 2. The van der Waals surface area contributed by atoms with E-state index in [0.717, 1.165) is 17.1 Å². The van der Waals surface area contributed by atoms with Crippen LogP contribution in [0, 0.1) is 6.92 Å². The monoisotopic (exact) mass is 719 g/mol. The summed E-state index contributed by atoms with van der Waals surface area (Å²) in [5.41, 5.74) is 14.4. The number of thiophene rings is 1. The van der Waals surface area contributed by atoms with Crippen molar-refractivity contribution in [3.8, 4) is 44.5 Å². The molecule has 0 amide bonds. The van der Waals surface area contributed by atoms with Crippen LogP contribution in [0.5, 0.6) is 0 Å². The van der Waals surface area contributed by atoms with E-state index >= 15 is 0 Å². The molecular formula is C53H37NS. The Morgan fingerprint density at radius 1 is 0.382 bits per heavy atom. The van der Waals surface area contributed by atoms with Crippen molar-refractivity contribution < 1.29 is 0 Å². The molecule has 260 valence electrons. The average Bonchev–Trinajstić information content (AvgIpc) is 3.64. The first-order valence-electron chi connectivity index (χ1n) is 18.8. The second-order valence-corrected chi connectivity index (χ2v) is 15.2. The molecule has 0 spiro atoms. The van der Waals surface area contributed by atoms with E-state index in [9.17, 15) is 0 Å². The second kappa shape index (κ2) is 13.9. The van der Waals surface area contributed by atoms with E-state index in [1.165, 1.54) is 81.0 Å². The van der Waals surface area contributed by atoms with E-state index in [0.29, 0.717) is 0 Å². The molecule has 0 aliphatic heterocycles. The standard InChI is InChI=1S/C53H37NS/c1-36-14-13-23-50-52(36)47-32-30-44(35-51(47)55-50)54(49-33-27-40-19-11-12-22-46(40)53(49)41-20-9-4-10-21-41)43-28-24-37(25-29-43)42-26-31-45(38-15-5-2-6-16-38)48(34-42)39-17-7-3-8-18-39/h2-35H,1H3. The quantitative estimate of drug-likeness (QED) is 0.159. The normalized spacial score (nSPS) is 11.4. The summed E-state index contributed by atoms with van der Waals surface area (Å²) in [6, 6.07) is 75.2. The molecule has 0 N–H and O–H groups in total. The lowest BCUT2D eigenvalue weighted by Gasteiger charge is -2.29. The summed E-state index contributed by atoms with van der Waals surface area (Å²) in [5, 5.41) is 5.13. The van der Waals surface area contributed by atoms with E-state index in [2.05, 4.69) is 218 Å². The van der Waals surface area contributed by atoms with Gasteiger partial charge in [0.1, 0.15) is 0 Å². The van der Waals surface area contributed by atoms with Gasteiger partial charge < -0.3 is 4.90 Å². The Balaban J connectivity index is 1.15. The molecule has 0 saturated carbocycles. The number of rotatable bonds is 7. The molecule has 1 aromatic heterocycles. The number of fused-ring (bicyclic) bond motifs is 4. The van der Waals surface area contributed by atoms with Crippen molar-refractivity contribution in [1.82, 2.24) is 0 Å². The van der Waals surface area contributed by atoms with Crippen molar-refractivity contribution in [2.24, 2.45) is 0 Å². The molecule has 0 aliphatic rings. The molecule has 10 rings (SSSR count). The lowest BCUT2D eigenvalue weighted by molar-refractivity contribution is 1.30. The number of aryl methyl sites for hydroxylation is 1. The van der Waals surface area contributed by atoms with Gasteiger partial charge in [0.25, 0.3) is 0 Å². The van der Waals surface area contributed by atoms with Gasteiger partial charge in [0.15, 0.2) is 0 Å². The first-order chi connectivity index (χ1) is 27.2. The third kappa shape index (κ3) is 5.98. The highest BCUT2D eigenvalue weighted by Gasteiger charge is 2.21. The summed E-state index contributed by atoms with van der Waals surface area (Å²) < 4.78 is 2.62. The van der Waals surface area contributed by atoms with Crippen LogP contribution >= 0.6 is 11.3 Å². The number of benzene rings is 9. The van der Waals surface area contributed by atoms with Crippen LogP contribution in [-0.2, 0) is 0 Å². The van der Waals surface area contributed by atoms with Crippen molar-refractivity contribution in [2.45, 2.75) is 6.92 Å². The minimum atomic E-state index is 1.11. The zero-order valence-corrected chi connectivity index (χ0v) is 31.3. The Morgan fingerprint density at radius 2 is 1.02 bits per heavy atom. The van der Waals surface area contributed by atoms with E-state index in [-0.39, 0.29) is 0 Å². The molecule has 0 atom stereocenters. The largest absolute Gasteiger partial charge is 0.310 e. The van der Waals surface area contributed by atoms with Crippen molar-refractivity contribution in [1.29, 1.82) is 0 Å². The number of anilines is 3. The second-order valence-electron chi connectivity index (χ2n) is 14.2. The van der Waals surface area contributed by atoms with Gasteiger partial charge in [-0.25, -0.2) is 0 Å². The highest BCUT2D eigenvalue weighted by molar-refractivity contribution is 7.25. The van der Waals surface area contributed by atoms with Crippen molar-refractivity contribution in [3.63, 3.8) is 0 Å². The minimum Gasteiger partial charge on any atom is -0.310 e. The zero-order chi connectivity index (χ0) is 36.7. The smallest absolute Gasteiger partial charge is 0.0546 e. The fraction of sp³-hybridized carbons (Fsp3) is 0.0189. The molecule has 9 aromatic carbocycles. The molecule has 0 fully saturated rings. The third-order valence-corrected chi connectivity index (χ3v) is 11.9. The van der Waals surface area contributed by atoms with Gasteiger partial charge in [0.2, 0.25) is 0 Å². The zero-order valence-electron chi connectivity index (χ0n) is 30.5. The van der Waals surface area contributed by atoms with Crippen LogP contribution < -0.4 is 4.90 Å². The fourth-order valence-electron chi connectivity index (χ4n) is 8.17. The Morgan fingerprint density at radius 3 is 1.76 bits per heavy atom. The lowest BCUT2D eigenvalue weighted by atomic mass is 9.91. The van der Waals surface area contributed by atoms with Gasteiger partial charge >= 0.3 is 0 Å². The first-order valence-corrected chi connectivity index (χ1v) is 19.7. The predicted molar refractivity (Wildman–Crippen MR) is 238 cm³/mol. The highest BCUT2D eigenvalue weighted by Crippen LogP contribution is 2.47. The van der Waals surface area contributed by atoms with Crippen LogP contribution in [0.4, 0.5) is 17.1 Å². The SMILES string of the molecule is Cc1cccc2sc3cc(N(c4ccc(-c5ccc(-c6ccccc6)c(-c6ccccc6)c5)cc4)c4ccc5ccccc5c4-c4ccccc4)ccc3c12. The summed E-state index contributed by atoms with van der Waals surface area (Å²) in [6.07, 6.45) is 0. The van der Waals surface area contributed by atoms with Crippen LogP contribution in [0.15, 0.2) is 206 Å². The Kier molecular flexibility index (Phi) is 8.32. The third-order valence-electron chi connectivity index (χ3n) is 10.8. The van der Waals surface area contributed by atoms with Crippen molar-refractivity contribution >= 4 is 59.3 Å². The van der Waals surface area contributed by atoms with Gasteiger partial charge in [0.05, 0.1) is 5.69 Å². The van der Waals surface area contributed by atoms with Crippen molar-refractivity contribution in [3.05, 3.63) is 212 Å². The molecule has 0 radical (unpaired) electrons. The van der Waals surface area contributed by atoms with E-state index in [1.54, 1.807) is 0 Å². The van der Waals surface area contributed by atoms with Crippen LogP contribution in [0.2, 0.25) is 0 Å². The van der Waals surface area contributed by atoms with E-state index in [4.69, 9.17) is 0 Å². The number of nitrogens with zero attached hydrogens (tertiary/aromatic N) is 1. The number of hydrogen-bond donors (Lipinski definition) is 0. The van der Waals surface area contributed by atoms with Gasteiger partial charge in [-0.1, -0.05) is 164 Å². The van der Waals surface area contributed by atoms with Gasteiger partial charge in [-0.05, 0) is 105 Å². The minimum absolute atomic E-state index is 1.11. The van der Waals surface area contributed by atoms with E-state index in [1.807, 2.05) is 11.3 Å². The summed E-state index contributed by atoms with van der Waals surface area (Å²) in [5.74, 6) is 0. The molecule has 0 aliphatic carbocycles. The fourth-order valence-corrected chi connectivity index (χ4v) is 9.38. The van der Waals surface area contributed by atoms with E-state index < -0.39 is 0 Å². The molecule has 0 saturated heterocycles. The summed E-state index contributed by atoms with van der Waals surface area (Å²) >= 11 is 1.87. The Labute approximate surface area is 326 Å². The summed E-state index contributed by atoms with van der Waals surface area (Å²) in [6.45, 7) is 2.22. The summed E-state index contributed by atoms with van der Waals surface area (Å²) in [4.78, 5) is 2.45. The maximum atomic E-state index is 2.45. The maximum Gasteiger partial charge on any atom is 0.0546 e. The molecular weight excluding hydrogens is 683 g/mol. The molecule has 2 heteroatoms. The van der Waals surface area contributed by atoms with Gasteiger partial charge in [0, 0.05) is 37.1 Å². The molecule has 1 heterocycles. The van der Waals surface area contributed by atoms with Crippen molar-refractivity contribution in [2.75, 3.05) is 4.90 Å². The van der Waals surface area contributed by atoms with Gasteiger partial charge in [-0.15, -0.1) is 11.3 Å².